The molecule has 2 aromatic carbocycles. The lowest BCUT2D eigenvalue weighted by Gasteiger charge is -2.03. The van der Waals surface area contributed by atoms with Crippen molar-refractivity contribution < 1.29 is 4.79 Å². The molecule has 22 heavy (non-hydrogen) atoms. The Morgan fingerprint density at radius 1 is 0.955 bits per heavy atom. The van der Waals surface area contributed by atoms with E-state index in [-0.39, 0.29) is 5.91 Å². The number of amides is 1. The van der Waals surface area contributed by atoms with E-state index >= 15 is 0 Å². The average molecular weight is 286 g/mol. The number of fused-ring (bicyclic) bond motifs is 1. The van der Waals surface area contributed by atoms with Gasteiger partial charge in [-0.25, -0.2) is 4.98 Å². The maximum Gasteiger partial charge on any atom is 0.269 e. The predicted octanol–water partition coefficient (Wildman–Crippen LogP) is 2.99. The highest BCUT2D eigenvalue weighted by Crippen LogP contribution is 2.17. The van der Waals surface area contributed by atoms with Gasteiger partial charge in [0.2, 0.25) is 0 Å². The molecule has 1 N–H and O–H groups in total. The summed E-state index contributed by atoms with van der Waals surface area (Å²) in [5, 5.41) is 3.55. The number of para-hydroxylation sites is 1. The highest BCUT2D eigenvalue weighted by molar-refractivity contribution is 5.95. The molecule has 0 spiro atoms. The molecule has 0 saturated carbocycles. The number of nitrogens with zero attached hydrogens (tertiary/aromatic N) is 1. The standard InChI is InChI=1S/C19H14N2O/c1-20-19(22)17-13-12-16-9-5-8-15(18(16)21-17)11-10-14-6-3-2-4-7-14/h2-9,12-13H,1H3,(H,20,22). The maximum atomic E-state index is 11.7. The summed E-state index contributed by atoms with van der Waals surface area (Å²) in [6.07, 6.45) is 0. The molecule has 1 aromatic heterocycles. The summed E-state index contributed by atoms with van der Waals surface area (Å²) < 4.78 is 0. The topological polar surface area (TPSA) is 42.0 Å². The second kappa shape index (κ2) is 6.11. The van der Waals surface area contributed by atoms with Crippen LogP contribution in [0.25, 0.3) is 10.9 Å². The van der Waals surface area contributed by atoms with Gasteiger partial charge in [0.25, 0.3) is 5.91 Å². The molecule has 3 nitrogen and oxygen atoms in total. The van der Waals surface area contributed by atoms with E-state index in [9.17, 15) is 4.79 Å². The van der Waals surface area contributed by atoms with Gasteiger partial charge in [-0.3, -0.25) is 4.79 Å². The first kappa shape index (κ1) is 13.8. The number of hydrogen-bond acceptors (Lipinski definition) is 2. The van der Waals surface area contributed by atoms with Gasteiger partial charge in [-0.1, -0.05) is 48.2 Å². The normalized spacial score (nSPS) is 9.86. The lowest BCUT2D eigenvalue weighted by atomic mass is 10.1. The van der Waals surface area contributed by atoms with E-state index in [1.807, 2.05) is 54.6 Å². The Morgan fingerprint density at radius 2 is 1.77 bits per heavy atom. The van der Waals surface area contributed by atoms with Gasteiger partial charge in [0.15, 0.2) is 0 Å². The molecule has 1 amide bonds. The van der Waals surface area contributed by atoms with Gasteiger partial charge in [-0.15, -0.1) is 0 Å². The van der Waals surface area contributed by atoms with Crippen molar-refractivity contribution in [1.82, 2.24) is 10.3 Å². The second-order valence-corrected chi connectivity index (χ2v) is 4.77. The summed E-state index contributed by atoms with van der Waals surface area (Å²) in [6.45, 7) is 0. The molecule has 3 heteroatoms. The van der Waals surface area contributed by atoms with Crippen molar-refractivity contribution in [2.24, 2.45) is 0 Å². The lowest BCUT2D eigenvalue weighted by molar-refractivity contribution is 0.0958. The summed E-state index contributed by atoms with van der Waals surface area (Å²) >= 11 is 0. The monoisotopic (exact) mass is 286 g/mol. The van der Waals surface area contributed by atoms with E-state index in [0.717, 1.165) is 22.0 Å². The van der Waals surface area contributed by atoms with Crippen LogP contribution >= 0.6 is 0 Å². The first-order valence-corrected chi connectivity index (χ1v) is 6.97. The minimum atomic E-state index is -0.201. The number of benzene rings is 2. The summed E-state index contributed by atoms with van der Waals surface area (Å²) in [6, 6.07) is 19.2. The zero-order valence-corrected chi connectivity index (χ0v) is 12.1. The SMILES string of the molecule is CNC(=O)c1ccc2cccc(C#Cc3ccccc3)c2n1. The number of aromatic nitrogens is 1. The van der Waals surface area contributed by atoms with Crippen molar-refractivity contribution in [2.45, 2.75) is 0 Å². The molecule has 3 aromatic rings. The molecular weight excluding hydrogens is 272 g/mol. The van der Waals surface area contributed by atoms with Crippen molar-refractivity contribution in [2.75, 3.05) is 7.05 Å². The van der Waals surface area contributed by atoms with Gasteiger partial charge >= 0.3 is 0 Å². The third-order valence-corrected chi connectivity index (χ3v) is 3.30. The van der Waals surface area contributed by atoms with Crippen molar-refractivity contribution in [1.29, 1.82) is 0 Å². The number of carbonyl (C=O) groups excluding carboxylic acids is 1. The van der Waals surface area contributed by atoms with E-state index < -0.39 is 0 Å². The van der Waals surface area contributed by atoms with E-state index in [1.165, 1.54) is 0 Å². The summed E-state index contributed by atoms with van der Waals surface area (Å²) in [4.78, 5) is 16.2. The lowest BCUT2D eigenvalue weighted by Crippen LogP contribution is -2.19. The van der Waals surface area contributed by atoms with Gasteiger partial charge in [0, 0.05) is 18.0 Å². The quantitative estimate of drug-likeness (QED) is 0.699. The Balaban J connectivity index is 2.10. The fraction of sp³-hybridized carbons (Fsp3) is 0.0526. The predicted molar refractivity (Wildman–Crippen MR) is 87.6 cm³/mol. The fourth-order valence-corrected chi connectivity index (χ4v) is 2.16. The molecule has 0 bridgehead atoms. The zero-order valence-electron chi connectivity index (χ0n) is 12.1. The molecule has 0 aliphatic carbocycles. The molecular formula is C19H14N2O. The van der Waals surface area contributed by atoms with Crippen LogP contribution in [0.4, 0.5) is 0 Å². The molecule has 0 unspecified atom stereocenters. The minimum Gasteiger partial charge on any atom is -0.354 e. The van der Waals surface area contributed by atoms with Crippen LogP contribution < -0.4 is 5.32 Å². The summed E-state index contributed by atoms with van der Waals surface area (Å²) in [5.74, 6) is 6.07. The van der Waals surface area contributed by atoms with Crippen molar-refractivity contribution in [3.05, 3.63) is 77.5 Å². The van der Waals surface area contributed by atoms with Gasteiger partial charge in [-0.2, -0.15) is 0 Å². The molecule has 1 heterocycles. The number of pyridine rings is 1. The minimum absolute atomic E-state index is 0.201. The van der Waals surface area contributed by atoms with E-state index in [2.05, 4.69) is 22.1 Å². The van der Waals surface area contributed by atoms with Gasteiger partial charge in [0.1, 0.15) is 5.69 Å². The van der Waals surface area contributed by atoms with Crippen LogP contribution in [-0.2, 0) is 0 Å². The molecule has 0 aliphatic heterocycles. The van der Waals surface area contributed by atoms with Crippen LogP contribution in [0.15, 0.2) is 60.7 Å². The first-order chi connectivity index (χ1) is 10.8. The van der Waals surface area contributed by atoms with Gasteiger partial charge in [0.05, 0.1) is 11.1 Å². The smallest absolute Gasteiger partial charge is 0.269 e. The van der Waals surface area contributed by atoms with E-state index in [0.29, 0.717) is 5.69 Å². The average Bonchev–Trinajstić information content (AvgIpc) is 2.59. The van der Waals surface area contributed by atoms with Crippen LogP contribution in [0.5, 0.6) is 0 Å². The van der Waals surface area contributed by atoms with Crippen LogP contribution in [0.2, 0.25) is 0 Å². The van der Waals surface area contributed by atoms with Crippen molar-refractivity contribution in [3.8, 4) is 11.8 Å². The number of carbonyl (C=O) groups is 1. The number of hydrogen-bond donors (Lipinski definition) is 1. The van der Waals surface area contributed by atoms with Crippen LogP contribution in [-0.4, -0.2) is 17.9 Å². The van der Waals surface area contributed by atoms with E-state index in [1.54, 1.807) is 13.1 Å². The van der Waals surface area contributed by atoms with Crippen LogP contribution in [0, 0.1) is 11.8 Å². The summed E-state index contributed by atoms with van der Waals surface area (Å²) in [5.41, 5.74) is 2.89. The number of rotatable bonds is 1. The molecule has 106 valence electrons. The number of nitrogens with one attached hydrogen (secondary N) is 1. The van der Waals surface area contributed by atoms with Crippen LogP contribution in [0.3, 0.4) is 0 Å². The van der Waals surface area contributed by atoms with Crippen LogP contribution in [0.1, 0.15) is 21.6 Å². The van der Waals surface area contributed by atoms with Gasteiger partial charge in [-0.05, 0) is 24.3 Å². The largest absolute Gasteiger partial charge is 0.354 e. The third-order valence-electron chi connectivity index (χ3n) is 3.30. The molecule has 3 rings (SSSR count). The highest BCUT2D eigenvalue weighted by atomic mass is 16.1. The Morgan fingerprint density at radius 3 is 2.55 bits per heavy atom. The highest BCUT2D eigenvalue weighted by Gasteiger charge is 2.07. The Labute approximate surface area is 129 Å². The molecule has 0 aliphatic rings. The molecule has 0 fully saturated rings. The molecule has 0 atom stereocenters. The molecule has 0 radical (unpaired) electrons. The first-order valence-electron chi connectivity index (χ1n) is 6.97. The second-order valence-electron chi connectivity index (χ2n) is 4.77. The fourth-order valence-electron chi connectivity index (χ4n) is 2.16. The maximum absolute atomic E-state index is 11.7. The Hall–Kier alpha value is -3.12. The third kappa shape index (κ3) is 2.82. The Bertz CT molecular complexity index is 889. The van der Waals surface area contributed by atoms with Crippen molar-refractivity contribution in [3.63, 3.8) is 0 Å². The zero-order chi connectivity index (χ0) is 15.4. The van der Waals surface area contributed by atoms with E-state index in [4.69, 9.17) is 0 Å². The van der Waals surface area contributed by atoms with Gasteiger partial charge < -0.3 is 5.32 Å². The summed E-state index contributed by atoms with van der Waals surface area (Å²) in [7, 11) is 1.59. The Kier molecular flexibility index (Phi) is 3.84. The molecule has 0 saturated heterocycles. The van der Waals surface area contributed by atoms with Crippen molar-refractivity contribution >= 4 is 16.8 Å².